The zero-order chi connectivity index (χ0) is 60.4. The highest BCUT2D eigenvalue weighted by Gasteiger charge is 2.48. The summed E-state index contributed by atoms with van der Waals surface area (Å²) in [6, 6.07) is 9.30. The van der Waals surface area contributed by atoms with Gasteiger partial charge in [0.2, 0.25) is 17.7 Å². The van der Waals surface area contributed by atoms with Gasteiger partial charge < -0.3 is 41.4 Å². The Morgan fingerprint density at radius 3 is 1.77 bits per heavy atom. The van der Waals surface area contributed by atoms with Crippen LogP contribution in [0.25, 0.3) is 0 Å². The Morgan fingerprint density at radius 1 is 0.734 bits per heavy atom. The molecule has 0 radical (unpaired) electrons. The number of nitrogens with zero attached hydrogens (tertiary/aromatic N) is 2. The van der Waals surface area contributed by atoms with Gasteiger partial charge in [0.05, 0.1) is 17.0 Å². The van der Waals surface area contributed by atoms with Crippen LogP contribution >= 0.6 is 0 Å². The highest BCUT2D eigenvalue weighted by Crippen LogP contribution is 2.51. The molecule has 20 nitrogen and oxygen atoms in total. The first-order valence-corrected chi connectivity index (χ1v) is 28.4. The van der Waals surface area contributed by atoms with Crippen LogP contribution in [-0.4, -0.2) is 128 Å². The van der Waals surface area contributed by atoms with Gasteiger partial charge in [-0.1, -0.05) is 111 Å². The van der Waals surface area contributed by atoms with Crippen LogP contribution in [0.2, 0.25) is 0 Å². The van der Waals surface area contributed by atoms with Gasteiger partial charge >= 0.3 is 18.2 Å². The van der Waals surface area contributed by atoms with E-state index in [2.05, 4.69) is 26.0 Å². The van der Waals surface area contributed by atoms with Crippen LogP contribution in [-0.2, 0) is 54.3 Å². The summed E-state index contributed by atoms with van der Waals surface area (Å²) in [5, 5.41) is 10.9. The van der Waals surface area contributed by atoms with Crippen LogP contribution in [0.3, 0.4) is 0 Å². The SMILES string of the molecule is C/C(=C\[C@H](C(C)C)N(C)C(=O)[C@@H](NC(=O)[C@@H](N(C)C(=O)OC(C)(C)C)C(C)(C)c1ccccc1)C(C)(C)C)C(=O)NS(=O)(=O)c1ccc(C2(CC(=O)[C@H](CCCNC(N)=O)NC(=O)[C@@H](NC(=O)OC(C)(C)C)C(C)C)CC2)cc1. The van der Waals surface area contributed by atoms with Crippen molar-refractivity contribution in [3.05, 3.63) is 77.4 Å². The topological polar surface area (TPSA) is 282 Å². The summed E-state index contributed by atoms with van der Waals surface area (Å²) < 4.78 is 40.7. The van der Waals surface area contributed by atoms with E-state index in [0.29, 0.717) is 24.8 Å². The molecule has 0 bridgehead atoms. The van der Waals surface area contributed by atoms with Gasteiger partial charge in [-0.2, -0.15) is 0 Å². The summed E-state index contributed by atoms with van der Waals surface area (Å²) in [5.74, 6) is -3.60. The first-order valence-electron chi connectivity index (χ1n) is 26.9. The molecule has 79 heavy (non-hydrogen) atoms. The molecule has 7 N–H and O–H groups in total. The Labute approximate surface area is 468 Å². The van der Waals surface area contributed by atoms with E-state index in [1.807, 2.05) is 58.0 Å². The molecule has 21 heteroatoms. The van der Waals surface area contributed by atoms with Gasteiger partial charge in [0.1, 0.15) is 29.3 Å². The zero-order valence-corrected chi connectivity index (χ0v) is 50.7. The number of ketones is 1. The van der Waals surface area contributed by atoms with Gasteiger partial charge in [-0.3, -0.25) is 28.9 Å². The number of benzene rings is 2. The van der Waals surface area contributed by atoms with Crippen molar-refractivity contribution < 1.29 is 56.2 Å². The minimum atomic E-state index is -4.45. The Bertz CT molecular complexity index is 2650. The number of hydrogen-bond donors (Lipinski definition) is 6. The van der Waals surface area contributed by atoms with Crippen molar-refractivity contribution in [2.24, 2.45) is 23.0 Å². The summed E-state index contributed by atoms with van der Waals surface area (Å²) in [6.45, 7) is 28.1. The fraction of sp³-hybridized carbons (Fsp3) is 0.621. The number of hydrogen-bond acceptors (Lipinski definition) is 12. The molecule has 0 saturated heterocycles. The van der Waals surface area contributed by atoms with E-state index < -0.39 is 110 Å². The number of rotatable bonds is 24. The first-order chi connectivity index (χ1) is 36.1. The molecule has 0 heterocycles. The maximum Gasteiger partial charge on any atom is 0.410 e. The number of carbonyl (C=O) groups excluding carboxylic acids is 8. The lowest BCUT2D eigenvalue weighted by Crippen LogP contribution is -2.63. The monoisotopic (exact) mass is 1120 g/mol. The molecule has 3 rings (SSSR count). The van der Waals surface area contributed by atoms with Crippen molar-refractivity contribution in [3.63, 3.8) is 0 Å². The summed E-state index contributed by atoms with van der Waals surface area (Å²) >= 11 is 0. The average Bonchev–Trinajstić information content (AvgIpc) is 4.10. The van der Waals surface area contributed by atoms with Crippen molar-refractivity contribution in [2.75, 3.05) is 20.6 Å². The molecule has 440 valence electrons. The first kappa shape index (κ1) is 66.8. The Kier molecular flexibility index (Phi) is 22.5. The number of nitrogens with one attached hydrogen (secondary N) is 5. The molecule has 2 aromatic carbocycles. The predicted octanol–water partition coefficient (Wildman–Crippen LogP) is 7.14. The predicted molar refractivity (Wildman–Crippen MR) is 303 cm³/mol. The van der Waals surface area contributed by atoms with Gasteiger partial charge in [0.25, 0.3) is 15.9 Å². The number of likely N-dealkylation sites (N-methyl/N-ethyl adjacent to an activating group) is 2. The molecule has 0 spiro atoms. The van der Waals surface area contributed by atoms with Crippen molar-refractivity contribution in [1.82, 2.24) is 35.8 Å². The summed E-state index contributed by atoms with van der Waals surface area (Å²) in [7, 11) is -1.42. The van der Waals surface area contributed by atoms with Crippen LogP contribution in [0.5, 0.6) is 0 Å². The van der Waals surface area contributed by atoms with E-state index in [1.54, 1.807) is 95.3 Å². The van der Waals surface area contributed by atoms with Crippen LogP contribution in [0.15, 0.2) is 71.1 Å². The maximum absolute atomic E-state index is 14.7. The molecule has 8 amide bonds. The van der Waals surface area contributed by atoms with Gasteiger partial charge in [0.15, 0.2) is 5.78 Å². The Balaban J connectivity index is 1.85. The van der Waals surface area contributed by atoms with Gasteiger partial charge in [-0.25, -0.2) is 27.5 Å². The fourth-order valence-corrected chi connectivity index (χ4v) is 10.3. The van der Waals surface area contributed by atoms with E-state index in [0.717, 1.165) is 5.56 Å². The van der Waals surface area contributed by atoms with Crippen molar-refractivity contribution in [1.29, 1.82) is 0 Å². The molecule has 1 saturated carbocycles. The third-order valence-corrected chi connectivity index (χ3v) is 15.2. The average molecular weight is 1120 g/mol. The number of alkyl carbamates (subject to hydrolysis) is 1. The highest BCUT2D eigenvalue weighted by molar-refractivity contribution is 7.90. The minimum Gasteiger partial charge on any atom is -0.444 e. The van der Waals surface area contributed by atoms with Gasteiger partial charge in [0, 0.05) is 43.5 Å². The molecule has 0 aliphatic heterocycles. The van der Waals surface area contributed by atoms with Gasteiger partial charge in [-0.15, -0.1) is 0 Å². The number of amides is 8. The molecule has 0 unspecified atom stereocenters. The molecular weight excluding hydrogens is 1030 g/mol. The zero-order valence-electron chi connectivity index (χ0n) is 49.8. The third-order valence-electron chi connectivity index (χ3n) is 13.8. The summed E-state index contributed by atoms with van der Waals surface area (Å²) in [4.78, 5) is 111. The number of sulfonamides is 1. The number of urea groups is 1. The van der Waals surface area contributed by atoms with E-state index >= 15 is 0 Å². The lowest BCUT2D eigenvalue weighted by atomic mass is 9.76. The van der Waals surface area contributed by atoms with E-state index in [1.165, 1.54) is 42.0 Å². The van der Waals surface area contributed by atoms with E-state index in [4.69, 9.17) is 15.2 Å². The lowest BCUT2D eigenvalue weighted by Gasteiger charge is -2.42. The minimum absolute atomic E-state index is 0.00128. The van der Waals surface area contributed by atoms with Crippen molar-refractivity contribution in [3.8, 4) is 0 Å². The number of Topliss-reactive ketones (excluding diaryl/α,β-unsaturated/α-hetero) is 1. The fourth-order valence-electron chi connectivity index (χ4n) is 9.24. The van der Waals surface area contributed by atoms with Crippen LogP contribution in [0, 0.1) is 17.3 Å². The Morgan fingerprint density at radius 2 is 1.29 bits per heavy atom. The standard InChI is InChI=1S/C58H90N8O12S/c1-35(2)42(65(17)50(71)45(54(6,7)8)63-49(70)46(66(18)53(74)78-56(12,13)14)57(15,16)38-23-20-19-21-24-38)33-37(5)47(68)64-79(75,76)40-28-26-39(27-29-40)58(30-31-58)34-43(67)41(25-22-32-60-51(59)72)61-48(69)44(36(3)4)62-52(73)77-55(9,10)11/h19-21,23-24,26-29,33,35-36,41-42,44-46H,22,25,30-32,34H2,1-18H3,(H,61,69)(H,62,73)(H,63,70)(H,64,68)(H3,59,60,72)/b37-33+/t41-,42+,44-,45+,46+/m0/s1. The molecule has 5 atom stereocenters. The quantitative estimate of drug-likeness (QED) is 0.0452. The highest BCUT2D eigenvalue weighted by atomic mass is 32.2. The van der Waals surface area contributed by atoms with Gasteiger partial charge in [-0.05, 0) is 115 Å². The number of nitrogens with two attached hydrogens (primary N) is 1. The van der Waals surface area contributed by atoms with Crippen LogP contribution < -0.4 is 31.7 Å². The molecule has 1 fully saturated rings. The number of primary amides is 1. The molecular formula is C58H90N8O12S. The smallest absolute Gasteiger partial charge is 0.410 e. The second kappa shape index (κ2) is 26.6. The maximum atomic E-state index is 14.7. The summed E-state index contributed by atoms with van der Waals surface area (Å²) in [5.41, 5.74) is 2.50. The Hall–Kier alpha value is -6.51. The van der Waals surface area contributed by atoms with E-state index in [9.17, 15) is 46.8 Å². The van der Waals surface area contributed by atoms with E-state index in [-0.39, 0.29) is 47.5 Å². The number of carbonyl (C=O) groups is 8. The van der Waals surface area contributed by atoms with Crippen molar-refractivity contribution in [2.45, 2.75) is 200 Å². The third kappa shape index (κ3) is 19.4. The largest absolute Gasteiger partial charge is 0.444 e. The van der Waals surface area contributed by atoms with Crippen LogP contribution in [0.4, 0.5) is 14.4 Å². The molecule has 1 aliphatic rings. The second-order valence-corrected chi connectivity index (χ2v) is 26.8. The summed E-state index contributed by atoms with van der Waals surface area (Å²) in [6.07, 6.45) is 1.62. The van der Waals surface area contributed by atoms with Crippen LogP contribution in [0.1, 0.15) is 154 Å². The number of ether oxygens (including phenoxy) is 2. The molecule has 0 aromatic heterocycles. The molecule has 1 aliphatic carbocycles. The second-order valence-electron chi connectivity index (χ2n) is 25.2. The normalized spacial score (nSPS) is 15.8. The van der Waals surface area contributed by atoms with Crippen molar-refractivity contribution >= 4 is 57.7 Å². The molecule has 2 aromatic rings. The lowest BCUT2D eigenvalue weighted by molar-refractivity contribution is -0.141.